The summed E-state index contributed by atoms with van der Waals surface area (Å²) < 4.78 is 5.32. The Morgan fingerprint density at radius 2 is 1.61 bits per heavy atom. The lowest BCUT2D eigenvalue weighted by Gasteiger charge is -2.13. The minimum Gasteiger partial charge on any atom is -0.356 e. The average molecular weight is 375 g/mol. The Labute approximate surface area is 160 Å². The molecule has 4 rings (SSSR count). The first-order valence-corrected chi connectivity index (χ1v) is 8.86. The van der Waals surface area contributed by atoms with E-state index in [2.05, 4.69) is 10.5 Å². The number of nitrogens with one attached hydrogen (secondary N) is 1. The molecule has 3 aromatic rings. The van der Waals surface area contributed by atoms with Gasteiger partial charge in [0.25, 0.3) is 11.8 Å². The van der Waals surface area contributed by atoms with Crippen molar-refractivity contribution in [3.63, 3.8) is 0 Å². The number of carbonyl (C=O) groups is 3. The van der Waals surface area contributed by atoms with Crippen molar-refractivity contribution in [2.45, 2.75) is 6.42 Å². The zero-order valence-electron chi connectivity index (χ0n) is 14.9. The second-order valence-electron chi connectivity index (χ2n) is 6.39. The molecule has 7 nitrogen and oxygen atoms in total. The highest BCUT2D eigenvalue weighted by Crippen LogP contribution is 2.22. The zero-order valence-corrected chi connectivity index (χ0v) is 14.9. The summed E-state index contributed by atoms with van der Waals surface area (Å²) in [5, 5.41) is 6.71. The molecule has 7 heteroatoms. The van der Waals surface area contributed by atoms with E-state index in [1.807, 2.05) is 36.4 Å². The average Bonchev–Trinajstić information content (AvgIpc) is 3.28. The minimum absolute atomic E-state index is 0.305. The largest absolute Gasteiger partial charge is 0.356 e. The molecule has 1 aromatic heterocycles. The van der Waals surface area contributed by atoms with Gasteiger partial charge < -0.3 is 9.84 Å². The molecule has 0 atom stereocenters. The van der Waals surface area contributed by atoms with Crippen LogP contribution in [0.3, 0.4) is 0 Å². The number of fused-ring (bicyclic) bond motifs is 1. The van der Waals surface area contributed by atoms with Crippen molar-refractivity contribution in [3.05, 3.63) is 77.5 Å². The summed E-state index contributed by atoms with van der Waals surface area (Å²) in [7, 11) is 0. The predicted molar refractivity (Wildman–Crippen MR) is 100 cm³/mol. The van der Waals surface area contributed by atoms with Gasteiger partial charge in [-0.1, -0.05) is 47.6 Å². The summed E-state index contributed by atoms with van der Waals surface area (Å²) >= 11 is 0. The molecule has 0 fully saturated rings. The van der Waals surface area contributed by atoms with E-state index < -0.39 is 17.7 Å². The molecule has 0 saturated carbocycles. The number of benzene rings is 2. The first-order chi connectivity index (χ1) is 13.6. The van der Waals surface area contributed by atoms with E-state index in [4.69, 9.17) is 4.52 Å². The fourth-order valence-corrected chi connectivity index (χ4v) is 3.08. The van der Waals surface area contributed by atoms with Gasteiger partial charge in [0.1, 0.15) is 6.54 Å². The molecule has 0 bridgehead atoms. The van der Waals surface area contributed by atoms with Crippen molar-refractivity contribution in [2.24, 2.45) is 0 Å². The van der Waals surface area contributed by atoms with Gasteiger partial charge in [0, 0.05) is 24.6 Å². The topological polar surface area (TPSA) is 92.5 Å². The number of carbonyl (C=O) groups excluding carboxylic acids is 3. The Bertz CT molecular complexity index is 1010. The first-order valence-electron chi connectivity index (χ1n) is 8.86. The van der Waals surface area contributed by atoms with E-state index in [0.29, 0.717) is 35.5 Å². The van der Waals surface area contributed by atoms with Gasteiger partial charge in [-0.2, -0.15) is 0 Å². The Balaban J connectivity index is 1.30. The van der Waals surface area contributed by atoms with E-state index in [1.165, 1.54) is 0 Å². The number of imide groups is 1. The van der Waals surface area contributed by atoms with Crippen LogP contribution in [-0.2, 0) is 11.2 Å². The summed E-state index contributed by atoms with van der Waals surface area (Å²) in [6.07, 6.45) is 0.476. The lowest BCUT2D eigenvalue weighted by atomic mass is 10.1. The van der Waals surface area contributed by atoms with Crippen LogP contribution in [0.15, 0.2) is 65.2 Å². The maximum absolute atomic E-state index is 12.3. The van der Waals surface area contributed by atoms with Crippen LogP contribution in [0.25, 0.3) is 11.3 Å². The number of aromatic nitrogens is 1. The third-order valence-electron chi connectivity index (χ3n) is 4.50. The van der Waals surface area contributed by atoms with Gasteiger partial charge in [-0.05, 0) is 12.1 Å². The Hall–Kier alpha value is -3.74. The Kier molecular flexibility index (Phi) is 4.72. The fourth-order valence-electron chi connectivity index (χ4n) is 3.08. The highest BCUT2D eigenvalue weighted by molar-refractivity contribution is 6.22. The molecule has 0 aliphatic carbocycles. The first kappa shape index (κ1) is 17.7. The van der Waals surface area contributed by atoms with E-state index in [-0.39, 0.29) is 6.54 Å². The third-order valence-corrected chi connectivity index (χ3v) is 4.50. The lowest BCUT2D eigenvalue weighted by Crippen LogP contribution is -2.40. The SMILES string of the molecule is O=C(CN1C(=O)c2ccccc2C1=O)NCCc1cc(-c2ccccc2)on1. The molecule has 28 heavy (non-hydrogen) atoms. The van der Waals surface area contributed by atoms with Crippen molar-refractivity contribution in [1.82, 2.24) is 15.4 Å². The standard InChI is InChI=1S/C21H17N3O4/c25-19(13-24-20(26)16-8-4-5-9-17(16)21(24)27)22-11-10-15-12-18(28-23-15)14-6-2-1-3-7-14/h1-9,12H,10-11,13H2,(H,22,25). The predicted octanol–water partition coefficient (Wildman–Crippen LogP) is 2.30. The van der Waals surface area contributed by atoms with Gasteiger partial charge in [-0.15, -0.1) is 0 Å². The van der Waals surface area contributed by atoms with E-state index in [9.17, 15) is 14.4 Å². The second-order valence-corrected chi connectivity index (χ2v) is 6.39. The summed E-state index contributed by atoms with van der Waals surface area (Å²) in [6.45, 7) is 0.0171. The molecule has 1 aliphatic rings. The van der Waals surface area contributed by atoms with Gasteiger partial charge in [-0.25, -0.2) is 0 Å². The van der Waals surface area contributed by atoms with Crippen LogP contribution in [0.1, 0.15) is 26.4 Å². The van der Waals surface area contributed by atoms with Crippen LogP contribution >= 0.6 is 0 Å². The van der Waals surface area contributed by atoms with Crippen LogP contribution in [0, 0.1) is 0 Å². The van der Waals surface area contributed by atoms with Gasteiger partial charge >= 0.3 is 0 Å². The molecule has 140 valence electrons. The van der Waals surface area contributed by atoms with Crippen molar-refractivity contribution in [1.29, 1.82) is 0 Å². The lowest BCUT2D eigenvalue weighted by molar-refractivity contribution is -0.121. The Morgan fingerprint density at radius 1 is 0.964 bits per heavy atom. The fraction of sp³-hybridized carbons (Fsp3) is 0.143. The number of rotatable bonds is 6. The maximum atomic E-state index is 12.3. The highest BCUT2D eigenvalue weighted by atomic mass is 16.5. The van der Waals surface area contributed by atoms with Gasteiger partial charge in [0.2, 0.25) is 5.91 Å². The molecule has 2 aromatic carbocycles. The summed E-state index contributed by atoms with van der Waals surface area (Å²) in [5.74, 6) is -0.631. The molecule has 0 radical (unpaired) electrons. The van der Waals surface area contributed by atoms with Crippen LogP contribution in [-0.4, -0.2) is 40.9 Å². The molecule has 3 amide bonds. The second kappa shape index (κ2) is 7.48. The van der Waals surface area contributed by atoms with E-state index in [1.54, 1.807) is 24.3 Å². The summed E-state index contributed by atoms with van der Waals surface area (Å²) in [4.78, 5) is 37.7. The highest BCUT2D eigenvalue weighted by Gasteiger charge is 2.36. The van der Waals surface area contributed by atoms with Gasteiger partial charge in [-0.3, -0.25) is 19.3 Å². The number of amides is 3. The number of hydrogen-bond donors (Lipinski definition) is 1. The van der Waals surface area contributed by atoms with Crippen LogP contribution in [0.4, 0.5) is 0 Å². The van der Waals surface area contributed by atoms with Gasteiger partial charge in [0.05, 0.1) is 16.8 Å². The van der Waals surface area contributed by atoms with Crippen LogP contribution in [0.2, 0.25) is 0 Å². The van der Waals surface area contributed by atoms with E-state index >= 15 is 0 Å². The normalized spacial score (nSPS) is 12.9. The third kappa shape index (κ3) is 3.42. The quantitative estimate of drug-likeness (QED) is 0.668. The van der Waals surface area contributed by atoms with Crippen LogP contribution in [0.5, 0.6) is 0 Å². The van der Waals surface area contributed by atoms with Gasteiger partial charge in [0.15, 0.2) is 5.76 Å². The maximum Gasteiger partial charge on any atom is 0.262 e. The van der Waals surface area contributed by atoms with E-state index in [0.717, 1.165) is 10.5 Å². The number of hydrogen-bond acceptors (Lipinski definition) is 5. The molecular weight excluding hydrogens is 358 g/mol. The smallest absolute Gasteiger partial charge is 0.262 e. The molecule has 1 aliphatic heterocycles. The summed E-state index contributed by atoms with van der Waals surface area (Å²) in [6, 6.07) is 18.0. The molecule has 0 saturated heterocycles. The summed E-state index contributed by atoms with van der Waals surface area (Å²) in [5.41, 5.74) is 2.29. The van der Waals surface area contributed by atoms with Crippen molar-refractivity contribution >= 4 is 17.7 Å². The molecule has 0 unspecified atom stereocenters. The molecular formula is C21H17N3O4. The Morgan fingerprint density at radius 3 is 2.29 bits per heavy atom. The molecule has 2 heterocycles. The van der Waals surface area contributed by atoms with Crippen LogP contribution < -0.4 is 5.32 Å². The van der Waals surface area contributed by atoms with Crippen molar-refractivity contribution in [2.75, 3.05) is 13.1 Å². The minimum atomic E-state index is -0.445. The molecule has 0 spiro atoms. The van der Waals surface area contributed by atoms with Crippen molar-refractivity contribution < 1.29 is 18.9 Å². The van der Waals surface area contributed by atoms with Crippen molar-refractivity contribution in [3.8, 4) is 11.3 Å². The number of nitrogens with zero attached hydrogens (tertiary/aromatic N) is 2. The molecule has 1 N–H and O–H groups in total. The zero-order chi connectivity index (χ0) is 19.5. The monoisotopic (exact) mass is 375 g/mol.